The van der Waals surface area contributed by atoms with Crippen LogP contribution < -0.4 is 4.72 Å². The van der Waals surface area contributed by atoms with Gasteiger partial charge in [-0.1, -0.05) is 6.07 Å². The van der Waals surface area contributed by atoms with Crippen molar-refractivity contribution in [3.8, 4) is 0 Å². The van der Waals surface area contributed by atoms with E-state index in [4.69, 9.17) is 4.74 Å². The number of nitrogens with zero attached hydrogens (tertiary/aromatic N) is 2. The highest BCUT2D eigenvalue weighted by Gasteiger charge is 2.40. The average molecular weight is 339 g/mol. The highest BCUT2D eigenvalue weighted by Crippen LogP contribution is 2.35. The van der Waals surface area contributed by atoms with Crippen molar-refractivity contribution in [2.24, 2.45) is 0 Å². The maximum absolute atomic E-state index is 11.5. The van der Waals surface area contributed by atoms with E-state index in [1.54, 1.807) is 6.20 Å². The smallest absolute Gasteiger partial charge is 0.208 e. The van der Waals surface area contributed by atoms with Crippen molar-refractivity contribution in [1.82, 2.24) is 14.6 Å². The molecule has 1 unspecified atom stereocenters. The van der Waals surface area contributed by atoms with Crippen molar-refractivity contribution in [3.63, 3.8) is 0 Å². The number of ether oxygens (including phenoxy) is 1. The van der Waals surface area contributed by atoms with Gasteiger partial charge in [0.2, 0.25) is 10.0 Å². The fourth-order valence-corrected chi connectivity index (χ4v) is 4.45. The summed E-state index contributed by atoms with van der Waals surface area (Å²) in [5.41, 5.74) is 1.07. The van der Waals surface area contributed by atoms with Crippen molar-refractivity contribution in [2.75, 3.05) is 26.0 Å². The van der Waals surface area contributed by atoms with Crippen LogP contribution in [-0.2, 0) is 21.3 Å². The molecule has 1 aromatic rings. The van der Waals surface area contributed by atoms with Gasteiger partial charge in [0, 0.05) is 44.7 Å². The molecule has 23 heavy (non-hydrogen) atoms. The molecule has 3 rings (SSSR count). The van der Waals surface area contributed by atoms with Gasteiger partial charge in [0.05, 0.1) is 11.9 Å². The third-order valence-corrected chi connectivity index (χ3v) is 5.53. The van der Waals surface area contributed by atoms with Crippen LogP contribution in [-0.4, -0.2) is 55.9 Å². The summed E-state index contributed by atoms with van der Waals surface area (Å²) in [4.78, 5) is 6.58. The van der Waals surface area contributed by atoms with Crippen molar-refractivity contribution < 1.29 is 13.2 Å². The quantitative estimate of drug-likeness (QED) is 0.891. The molecule has 0 aromatic carbocycles. The van der Waals surface area contributed by atoms with Gasteiger partial charge in [0.15, 0.2) is 0 Å². The summed E-state index contributed by atoms with van der Waals surface area (Å²) in [5.74, 6) is 0. The van der Waals surface area contributed by atoms with Crippen LogP contribution in [0.2, 0.25) is 0 Å². The van der Waals surface area contributed by atoms with Gasteiger partial charge in [-0.2, -0.15) is 0 Å². The molecule has 3 heterocycles. The van der Waals surface area contributed by atoms with Gasteiger partial charge in [-0.15, -0.1) is 0 Å². The average Bonchev–Trinajstić information content (AvgIpc) is 2.50. The van der Waals surface area contributed by atoms with E-state index in [0.29, 0.717) is 6.61 Å². The van der Waals surface area contributed by atoms with Crippen LogP contribution in [0.1, 0.15) is 31.2 Å². The molecule has 6 nitrogen and oxygen atoms in total. The Kier molecular flexibility index (Phi) is 5.01. The molecule has 2 aliphatic rings. The first-order chi connectivity index (χ1) is 10.9. The summed E-state index contributed by atoms with van der Waals surface area (Å²) >= 11 is 0. The van der Waals surface area contributed by atoms with E-state index in [0.717, 1.165) is 45.3 Å². The van der Waals surface area contributed by atoms with E-state index < -0.39 is 10.0 Å². The Bertz CT molecular complexity index is 613. The zero-order chi connectivity index (χ0) is 16.3. The maximum atomic E-state index is 11.5. The van der Waals surface area contributed by atoms with E-state index in [1.807, 2.05) is 12.3 Å². The Hall–Kier alpha value is -1.02. The number of hydrogen-bond acceptors (Lipinski definition) is 5. The minimum absolute atomic E-state index is 0.00335. The number of hydrogen-bond donors (Lipinski definition) is 1. The summed E-state index contributed by atoms with van der Waals surface area (Å²) in [6.07, 6.45) is 8.37. The van der Waals surface area contributed by atoms with Gasteiger partial charge < -0.3 is 4.74 Å². The van der Waals surface area contributed by atoms with Crippen LogP contribution in [0.15, 0.2) is 24.5 Å². The molecule has 2 aliphatic heterocycles. The van der Waals surface area contributed by atoms with E-state index in [-0.39, 0.29) is 11.6 Å². The first kappa shape index (κ1) is 16.8. The molecule has 0 aliphatic carbocycles. The molecule has 1 atom stereocenters. The zero-order valence-electron chi connectivity index (χ0n) is 13.6. The monoisotopic (exact) mass is 339 g/mol. The first-order valence-electron chi connectivity index (χ1n) is 8.17. The van der Waals surface area contributed by atoms with Crippen molar-refractivity contribution >= 4 is 10.0 Å². The number of likely N-dealkylation sites (tertiary alicyclic amines) is 1. The fourth-order valence-electron chi connectivity index (χ4n) is 3.65. The van der Waals surface area contributed by atoms with Gasteiger partial charge in [0.25, 0.3) is 0 Å². The van der Waals surface area contributed by atoms with Crippen LogP contribution in [0.4, 0.5) is 0 Å². The van der Waals surface area contributed by atoms with E-state index >= 15 is 0 Å². The Labute approximate surface area is 138 Å². The summed E-state index contributed by atoms with van der Waals surface area (Å²) in [7, 11) is -3.15. The Morgan fingerprint density at radius 2 is 2.22 bits per heavy atom. The number of pyridine rings is 1. The number of aromatic nitrogens is 1. The molecule has 0 amide bonds. The Balaban J connectivity index is 1.55. The summed E-state index contributed by atoms with van der Waals surface area (Å²) < 4.78 is 31.7. The molecule has 1 aromatic heterocycles. The second kappa shape index (κ2) is 6.84. The molecule has 128 valence electrons. The number of sulfonamides is 1. The van der Waals surface area contributed by atoms with E-state index in [9.17, 15) is 8.42 Å². The largest absolute Gasteiger partial charge is 0.375 e. The van der Waals surface area contributed by atoms with Gasteiger partial charge in [-0.25, -0.2) is 13.1 Å². The zero-order valence-corrected chi connectivity index (χ0v) is 14.4. The van der Waals surface area contributed by atoms with Crippen molar-refractivity contribution in [3.05, 3.63) is 30.1 Å². The number of piperidine rings is 1. The maximum Gasteiger partial charge on any atom is 0.208 e. The lowest BCUT2D eigenvalue weighted by atomic mass is 9.82. The summed E-state index contributed by atoms with van der Waals surface area (Å²) in [6, 6.07) is 4.07. The molecule has 0 bridgehead atoms. The van der Waals surface area contributed by atoms with Gasteiger partial charge in [-0.05, 0) is 37.3 Å². The van der Waals surface area contributed by atoms with Crippen LogP contribution in [0, 0.1) is 0 Å². The van der Waals surface area contributed by atoms with Crippen molar-refractivity contribution in [1.29, 1.82) is 0 Å². The van der Waals surface area contributed by atoms with Crippen LogP contribution in [0.5, 0.6) is 0 Å². The first-order valence-corrected chi connectivity index (χ1v) is 10.1. The number of rotatable bonds is 4. The highest BCUT2D eigenvalue weighted by atomic mass is 32.2. The molecule has 0 radical (unpaired) electrons. The molecular formula is C16H25N3O3S. The van der Waals surface area contributed by atoms with E-state index in [2.05, 4.69) is 20.7 Å². The topological polar surface area (TPSA) is 71.5 Å². The van der Waals surface area contributed by atoms with Crippen LogP contribution in [0.3, 0.4) is 0 Å². The molecule has 1 spiro atoms. The predicted octanol–water partition coefficient (Wildman–Crippen LogP) is 1.14. The van der Waals surface area contributed by atoms with Gasteiger partial charge in [-0.3, -0.25) is 9.88 Å². The second-order valence-corrected chi connectivity index (χ2v) is 8.53. The van der Waals surface area contributed by atoms with Crippen LogP contribution in [0.25, 0.3) is 0 Å². The molecular weight excluding hydrogens is 314 g/mol. The van der Waals surface area contributed by atoms with Crippen molar-refractivity contribution in [2.45, 2.75) is 43.9 Å². The predicted molar refractivity (Wildman–Crippen MR) is 88.4 cm³/mol. The summed E-state index contributed by atoms with van der Waals surface area (Å²) in [5, 5.41) is 0. The second-order valence-electron chi connectivity index (χ2n) is 6.75. The van der Waals surface area contributed by atoms with Gasteiger partial charge >= 0.3 is 0 Å². The Morgan fingerprint density at radius 1 is 1.43 bits per heavy atom. The lowest BCUT2D eigenvalue weighted by molar-refractivity contribution is -0.118. The minimum Gasteiger partial charge on any atom is -0.375 e. The third kappa shape index (κ3) is 4.73. The standard InChI is InChI=1S/C16H25N3O3S/c1-23(20,21)18-15-4-10-22-16(11-15)5-8-19(9-6-16)13-14-3-2-7-17-12-14/h2-3,7,12,15,18H,4-6,8-11,13H2,1H3. The molecule has 2 saturated heterocycles. The normalized spacial score (nSPS) is 25.5. The number of nitrogens with one attached hydrogen (secondary N) is 1. The lowest BCUT2D eigenvalue weighted by Crippen LogP contribution is -2.53. The molecule has 2 fully saturated rings. The molecule has 7 heteroatoms. The van der Waals surface area contributed by atoms with E-state index in [1.165, 1.54) is 11.8 Å². The fraction of sp³-hybridized carbons (Fsp3) is 0.688. The minimum atomic E-state index is -3.15. The van der Waals surface area contributed by atoms with Crippen LogP contribution >= 0.6 is 0 Å². The highest BCUT2D eigenvalue weighted by molar-refractivity contribution is 7.88. The molecule has 1 N–H and O–H groups in total. The molecule has 0 saturated carbocycles. The Morgan fingerprint density at radius 3 is 2.87 bits per heavy atom. The third-order valence-electron chi connectivity index (χ3n) is 4.77. The van der Waals surface area contributed by atoms with Gasteiger partial charge in [0.1, 0.15) is 0 Å². The SMILES string of the molecule is CS(=O)(=O)NC1CCOC2(CCN(Cc3cccnc3)CC2)C1. The summed E-state index contributed by atoms with van der Waals surface area (Å²) in [6.45, 7) is 3.49. The lowest BCUT2D eigenvalue weighted by Gasteiger charge is -2.46.